The summed E-state index contributed by atoms with van der Waals surface area (Å²) in [6.45, 7) is 0.533. The number of hydrogen-bond donors (Lipinski definition) is 2. The van der Waals surface area contributed by atoms with Gasteiger partial charge in [0.05, 0.1) is 5.69 Å². The summed E-state index contributed by atoms with van der Waals surface area (Å²) >= 11 is 5.37. The number of rotatable bonds is 2. The third-order valence-corrected chi connectivity index (χ3v) is 4.10. The second kappa shape index (κ2) is 5.90. The van der Waals surface area contributed by atoms with E-state index in [2.05, 4.69) is 33.8 Å². The predicted octanol–water partition coefficient (Wildman–Crippen LogP) is 3.16. The van der Waals surface area contributed by atoms with Crippen LogP contribution in [0, 0.1) is 4.77 Å². The normalized spacial score (nSPS) is 17.6. The standard InChI is InChI=1S/C14H17N3S.ClH/c15-8-13-9-16-14(18)17(13)12-6-5-10-3-1-2-4-11(10)7-12;/h1-4,9,12H,5-8,15H2,(H,16,18);1H/t12-;/m0./s1. The molecule has 1 heterocycles. The number of aromatic nitrogens is 2. The molecule has 3 nitrogen and oxygen atoms in total. The number of H-pyrrole nitrogens is 1. The summed E-state index contributed by atoms with van der Waals surface area (Å²) in [5, 5.41) is 0. The van der Waals surface area contributed by atoms with Gasteiger partial charge in [-0.1, -0.05) is 24.3 Å². The molecule has 0 amide bonds. The van der Waals surface area contributed by atoms with Crippen LogP contribution in [-0.2, 0) is 19.4 Å². The van der Waals surface area contributed by atoms with Crippen LogP contribution in [0.2, 0.25) is 0 Å². The molecule has 102 valence electrons. The molecule has 0 aliphatic heterocycles. The van der Waals surface area contributed by atoms with Crippen molar-refractivity contribution in [1.82, 2.24) is 9.55 Å². The van der Waals surface area contributed by atoms with Gasteiger partial charge in [0, 0.05) is 18.8 Å². The van der Waals surface area contributed by atoms with Crippen LogP contribution in [0.5, 0.6) is 0 Å². The Morgan fingerprint density at radius 3 is 2.79 bits per heavy atom. The Balaban J connectivity index is 0.00000133. The lowest BCUT2D eigenvalue weighted by Gasteiger charge is -2.27. The molecule has 0 fully saturated rings. The maximum Gasteiger partial charge on any atom is 0.177 e. The molecule has 1 aromatic carbocycles. The van der Waals surface area contributed by atoms with E-state index in [1.807, 2.05) is 6.20 Å². The first kappa shape index (κ1) is 14.3. The average molecular weight is 296 g/mol. The Kier molecular flexibility index (Phi) is 4.45. The molecule has 3 rings (SSSR count). The van der Waals surface area contributed by atoms with Crippen LogP contribution in [0.15, 0.2) is 30.5 Å². The Bertz CT molecular complexity index is 617. The minimum absolute atomic E-state index is 0. The van der Waals surface area contributed by atoms with Crippen molar-refractivity contribution in [3.8, 4) is 0 Å². The number of aromatic amines is 1. The summed E-state index contributed by atoms with van der Waals surface area (Å²) in [6, 6.07) is 9.12. The highest BCUT2D eigenvalue weighted by molar-refractivity contribution is 7.71. The lowest BCUT2D eigenvalue weighted by atomic mass is 9.88. The van der Waals surface area contributed by atoms with Crippen LogP contribution in [0.3, 0.4) is 0 Å². The average Bonchev–Trinajstić information content (AvgIpc) is 2.79. The van der Waals surface area contributed by atoms with Crippen molar-refractivity contribution >= 4 is 24.6 Å². The second-order valence-electron chi connectivity index (χ2n) is 4.82. The van der Waals surface area contributed by atoms with Crippen LogP contribution in [0.4, 0.5) is 0 Å². The van der Waals surface area contributed by atoms with Gasteiger partial charge in [-0.3, -0.25) is 0 Å². The third kappa shape index (κ3) is 2.61. The van der Waals surface area contributed by atoms with E-state index in [4.69, 9.17) is 18.0 Å². The number of halogens is 1. The molecule has 1 aromatic heterocycles. The van der Waals surface area contributed by atoms with Gasteiger partial charge < -0.3 is 15.3 Å². The Labute approximate surface area is 124 Å². The molecule has 2 aromatic rings. The van der Waals surface area contributed by atoms with E-state index in [-0.39, 0.29) is 12.4 Å². The Morgan fingerprint density at radius 1 is 1.32 bits per heavy atom. The number of fused-ring (bicyclic) bond motifs is 1. The van der Waals surface area contributed by atoms with Crippen molar-refractivity contribution < 1.29 is 0 Å². The van der Waals surface area contributed by atoms with Gasteiger partial charge in [0.25, 0.3) is 0 Å². The SMILES string of the molecule is Cl.NCc1c[nH]c(=S)n1[C@H]1CCc2ccccc2C1. The second-order valence-corrected chi connectivity index (χ2v) is 5.21. The van der Waals surface area contributed by atoms with Gasteiger partial charge in [0.2, 0.25) is 0 Å². The molecule has 1 atom stereocenters. The molecule has 1 aliphatic rings. The number of aryl methyl sites for hydroxylation is 1. The molecule has 0 spiro atoms. The van der Waals surface area contributed by atoms with Gasteiger partial charge in [0.1, 0.15) is 0 Å². The Hall–Kier alpha value is -1.10. The molecular formula is C14H18ClN3S. The molecule has 0 radical (unpaired) electrons. The van der Waals surface area contributed by atoms with E-state index in [1.165, 1.54) is 11.1 Å². The molecular weight excluding hydrogens is 278 g/mol. The molecule has 5 heteroatoms. The maximum atomic E-state index is 5.78. The van der Waals surface area contributed by atoms with Crippen LogP contribution < -0.4 is 5.73 Å². The summed E-state index contributed by atoms with van der Waals surface area (Å²) < 4.78 is 2.99. The summed E-state index contributed by atoms with van der Waals surface area (Å²) in [6.07, 6.45) is 5.24. The number of benzene rings is 1. The summed E-state index contributed by atoms with van der Waals surface area (Å²) in [5.74, 6) is 0. The van der Waals surface area contributed by atoms with Crippen LogP contribution >= 0.6 is 24.6 Å². The highest BCUT2D eigenvalue weighted by Crippen LogP contribution is 2.29. The number of nitrogens with one attached hydrogen (secondary N) is 1. The van der Waals surface area contributed by atoms with Crippen molar-refractivity contribution in [2.75, 3.05) is 0 Å². The van der Waals surface area contributed by atoms with Gasteiger partial charge >= 0.3 is 0 Å². The highest BCUT2D eigenvalue weighted by atomic mass is 35.5. The highest BCUT2D eigenvalue weighted by Gasteiger charge is 2.21. The van der Waals surface area contributed by atoms with Gasteiger partial charge in [-0.05, 0) is 42.6 Å². The fraction of sp³-hybridized carbons (Fsp3) is 0.357. The van der Waals surface area contributed by atoms with Crippen LogP contribution in [-0.4, -0.2) is 9.55 Å². The fourth-order valence-corrected chi connectivity index (χ4v) is 3.20. The maximum absolute atomic E-state index is 5.78. The van der Waals surface area contributed by atoms with Crippen molar-refractivity contribution in [3.05, 3.63) is 52.1 Å². The van der Waals surface area contributed by atoms with Gasteiger partial charge in [-0.15, -0.1) is 12.4 Å². The van der Waals surface area contributed by atoms with Crippen molar-refractivity contribution in [1.29, 1.82) is 0 Å². The monoisotopic (exact) mass is 295 g/mol. The first-order valence-corrected chi connectivity index (χ1v) is 6.76. The van der Waals surface area contributed by atoms with Crippen molar-refractivity contribution in [2.24, 2.45) is 5.73 Å². The first-order valence-electron chi connectivity index (χ1n) is 6.35. The lowest BCUT2D eigenvalue weighted by molar-refractivity contribution is 0.427. The number of nitrogens with two attached hydrogens (primary N) is 1. The molecule has 0 saturated heterocycles. The van der Waals surface area contributed by atoms with Gasteiger partial charge in [-0.2, -0.15) is 0 Å². The van der Waals surface area contributed by atoms with Crippen LogP contribution in [0.1, 0.15) is 29.3 Å². The van der Waals surface area contributed by atoms with Crippen LogP contribution in [0.25, 0.3) is 0 Å². The summed E-state index contributed by atoms with van der Waals surface area (Å²) in [7, 11) is 0. The number of hydrogen-bond acceptors (Lipinski definition) is 2. The number of imidazole rings is 1. The van der Waals surface area contributed by atoms with E-state index in [9.17, 15) is 0 Å². The quantitative estimate of drug-likeness (QED) is 0.836. The predicted molar refractivity (Wildman–Crippen MR) is 82.3 cm³/mol. The third-order valence-electron chi connectivity index (χ3n) is 3.79. The zero-order valence-corrected chi connectivity index (χ0v) is 12.3. The van der Waals surface area contributed by atoms with E-state index in [0.717, 1.165) is 29.7 Å². The molecule has 0 unspecified atom stereocenters. The minimum atomic E-state index is 0. The molecule has 3 N–H and O–H groups in total. The molecule has 0 saturated carbocycles. The minimum Gasteiger partial charge on any atom is -0.337 e. The topological polar surface area (TPSA) is 46.7 Å². The van der Waals surface area contributed by atoms with E-state index < -0.39 is 0 Å². The molecule has 0 bridgehead atoms. The smallest absolute Gasteiger partial charge is 0.177 e. The summed E-state index contributed by atoms with van der Waals surface area (Å²) in [4.78, 5) is 3.11. The summed E-state index contributed by atoms with van der Waals surface area (Å²) in [5.41, 5.74) is 9.80. The van der Waals surface area contributed by atoms with Crippen molar-refractivity contribution in [3.63, 3.8) is 0 Å². The van der Waals surface area contributed by atoms with E-state index >= 15 is 0 Å². The lowest BCUT2D eigenvalue weighted by Crippen LogP contribution is -2.21. The fourth-order valence-electron chi connectivity index (χ4n) is 2.87. The molecule has 1 aliphatic carbocycles. The van der Waals surface area contributed by atoms with E-state index in [0.29, 0.717) is 12.6 Å². The van der Waals surface area contributed by atoms with Crippen molar-refractivity contribution in [2.45, 2.75) is 31.8 Å². The van der Waals surface area contributed by atoms with Gasteiger partial charge in [0.15, 0.2) is 4.77 Å². The zero-order valence-electron chi connectivity index (χ0n) is 10.6. The number of nitrogens with zero attached hydrogens (tertiary/aromatic N) is 1. The van der Waals surface area contributed by atoms with Gasteiger partial charge in [-0.25, -0.2) is 0 Å². The Morgan fingerprint density at radius 2 is 2.05 bits per heavy atom. The zero-order chi connectivity index (χ0) is 12.5. The largest absolute Gasteiger partial charge is 0.337 e. The first-order chi connectivity index (χ1) is 8.79. The molecule has 19 heavy (non-hydrogen) atoms. The van der Waals surface area contributed by atoms with E-state index in [1.54, 1.807) is 0 Å².